The molecule has 0 aromatic heterocycles. The second kappa shape index (κ2) is 38.3. The normalized spacial score (nSPS) is 10.5. The van der Waals surface area contributed by atoms with Gasteiger partial charge in [-0.2, -0.15) is 8.42 Å². The van der Waals surface area contributed by atoms with Crippen LogP contribution in [0.4, 0.5) is 0 Å². The molecule has 6 nitrogen and oxygen atoms in total. The topological polar surface area (TPSA) is 104 Å². The van der Waals surface area contributed by atoms with Crippen LogP contribution in [0.15, 0.2) is 0 Å². The minimum atomic E-state index is -4.67. The van der Waals surface area contributed by atoms with E-state index in [1.54, 1.807) is 0 Å². The van der Waals surface area contributed by atoms with E-state index in [4.69, 9.17) is 27.4 Å². The van der Waals surface area contributed by atoms with Crippen LogP contribution in [0.3, 0.4) is 0 Å². The van der Waals surface area contributed by atoms with E-state index in [0.29, 0.717) is 0 Å². The molecule has 0 aliphatic rings. The number of hydrogen-bond acceptors (Lipinski definition) is 4. The van der Waals surface area contributed by atoms with Crippen LogP contribution < -0.4 is 29.6 Å². The molecule has 0 heterocycles. The number of unbranched alkanes of at least 4 members (excludes halogenated alkanes) is 18. The van der Waals surface area contributed by atoms with Crippen LogP contribution in [0.1, 0.15) is 142 Å². The van der Waals surface area contributed by atoms with Crippen molar-refractivity contribution in [3.8, 4) is 0 Å². The van der Waals surface area contributed by atoms with Crippen molar-refractivity contribution in [1.29, 1.82) is 0 Å². The summed E-state index contributed by atoms with van der Waals surface area (Å²) in [6.45, 7) is 9.61. The molecule has 0 spiro atoms. The SMILES string of the molecule is CCCCCCCCCCCCOCCCCCCCCCCCC.O=S(=O)(O)O.[CH2-]CO.[Na+]. The van der Waals surface area contributed by atoms with Gasteiger partial charge in [0, 0.05) is 13.2 Å². The molecule has 0 saturated heterocycles. The van der Waals surface area contributed by atoms with Gasteiger partial charge < -0.3 is 16.8 Å². The molecule has 0 aliphatic carbocycles. The Morgan fingerprint density at radius 1 is 0.559 bits per heavy atom. The van der Waals surface area contributed by atoms with Gasteiger partial charge in [-0.3, -0.25) is 9.11 Å². The summed E-state index contributed by atoms with van der Waals surface area (Å²) < 4.78 is 37.4. The Morgan fingerprint density at radius 3 is 0.941 bits per heavy atom. The smallest absolute Gasteiger partial charge is 0.428 e. The third-order valence-electron chi connectivity index (χ3n) is 5.28. The fourth-order valence-corrected chi connectivity index (χ4v) is 3.49. The predicted octanol–water partition coefficient (Wildman–Crippen LogP) is 5.01. The van der Waals surface area contributed by atoms with E-state index in [1.807, 2.05) is 0 Å². The Hall–Kier alpha value is 0.790. The van der Waals surface area contributed by atoms with Gasteiger partial charge in [-0.25, -0.2) is 0 Å². The average molecular weight is 521 g/mol. The molecule has 8 heteroatoms. The van der Waals surface area contributed by atoms with Gasteiger partial charge in [0.1, 0.15) is 0 Å². The molecule has 34 heavy (non-hydrogen) atoms. The second-order valence-corrected chi connectivity index (χ2v) is 9.54. The quantitative estimate of drug-likeness (QED) is 0.0802. The summed E-state index contributed by atoms with van der Waals surface area (Å²) in [6, 6.07) is 0. The van der Waals surface area contributed by atoms with E-state index in [9.17, 15) is 0 Å². The first-order chi connectivity index (χ1) is 15.8. The van der Waals surface area contributed by atoms with Crippen molar-refractivity contribution in [3.05, 3.63) is 6.92 Å². The van der Waals surface area contributed by atoms with Crippen molar-refractivity contribution in [2.45, 2.75) is 142 Å². The van der Waals surface area contributed by atoms with E-state index < -0.39 is 10.4 Å². The summed E-state index contributed by atoms with van der Waals surface area (Å²) in [6.07, 6.45) is 28.2. The zero-order valence-electron chi connectivity index (χ0n) is 22.9. The summed E-state index contributed by atoms with van der Waals surface area (Å²) in [7, 11) is -4.67. The van der Waals surface area contributed by atoms with Gasteiger partial charge in [-0.1, -0.05) is 136 Å². The van der Waals surface area contributed by atoms with Gasteiger partial charge in [0.2, 0.25) is 0 Å². The van der Waals surface area contributed by atoms with E-state index >= 15 is 0 Å². The molecule has 0 amide bonds. The van der Waals surface area contributed by atoms with Gasteiger partial charge in [-0.05, 0) is 12.8 Å². The van der Waals surface area contributed by atoms with Crippen LogP contribution in [0.2, 0.25) is 0 Å². The Kier molecular flexibility index (Phi) is 47.2. The summed E-state index contributed by atoms with van der Waals surface area (Å²) in [4.78, 5) is 0. The fraction of sp³-hybridized carbons (Fsp3) is 0.962. The van der Waals surface area contributed by atoms with E-state index in [-0.39, 0.29) is 36.2 Å². The largest absolute Gasteiger partial charge is 1.00 e. The zero-order valence-corrected chi connectivity index (χ0v) is 25.8. The molecule has 0 radical (unpaired) electrons. The van der Waals surface area contributed by atoms with Gasteiger partial charge in [-0.15, -0.1) is 0 Å². The number of hydrogen-bond donors (Lipinski definition) is 3. The Balaban J connectivity index is -0.000000430. The maximum absolute atomic E-state index is 8.74. The molecule has 0 unspecified atom stereocenters. The minimum Gasteiger partial charge on any atom is -0.428 e. The fourth-order valence-electron chi connectivity index (χ4n) is 3.49. The summed E-state index contributed by atoms with van der Waals surface area (Å²) in [5.74, 6) is 0. The van der Waals surface area contributed by atoms with Crippen LogP contribution in [-0.4, -0.2) is 42.5 Å². The summed E-state index contributed by atoms with van der Waals surface area (Å²) >= 11 is 0. The van der Waals surface area contributed by atoms with Crippen LogP contribution in [0.5, 0.6) is 0 Å². The van der Waals surface area contributed by atoms with E-state index in [2.05, 4.69) is 20.8 Å². The Bertz CT molecular complexity index is 392. The van der Waals surface area contributed by atoms with Crippen molar-refractivity contribution < 1.29 is 56.9 Å². The third-order valence-corrected chi connectivity index (χ3v) is 5.28. The van der Waals surface area contributed by atoms with Crippen LogP contribution in [0.25, 0.3) is 0 Å². The molecule has 204 valence electrons. The standard InChI is InChI=1S/C24H50O.C2H5O.Na.H2O4S/c1-3-5-7-9-11-13-15-17-19-21-23-25-24-22-20-18-16-14-12-10-8-6-4-2;1-2-3;;1-5(2,3)4/h3-24H2,1-2H3;3H,1-2H2;;(H2,1,2,3,4)/q;-1;+1;. The van der Waals surface area contributed by atoms with Gasteiger partial charge in [0.15, 0.2) is 0 Å². The van der Waals surface area contributed by atoms with Crippen molar-refractivity contribution in [2.24, 2.45) is 0 Å². The minimum absolute atomic E-state index is 0. The molecule has 0 aromatic carbocycles. The zero-order chi connectivity index (χ0) is 25.5. The third kappa shape index (κ3) is 63.8. The van der Waals surface area contributed by atoms with Gasteiger partial charge in [0.25, 0.3) is 0 Å². The summed E-state index contributed by atoms with van der Waals surface area (Å²) in [5.41, 5.74) is 0. The molecular weight excluding hydrogens is 463 g/mol. The maximum Gasteiger partial charge on any atom is 1.00 e. The number of aliphatic hydroxyl groups is 1. The molecule has 0 bridgehead atoms. The van der Waals surface area contributed by atoms with Crippen molar-refractivity contribution >= 4 is 10.4 Å². The Labute approximate surface area is 235 Å². The van der Waals surface area contributed by atoms with Gasteiger partial charge in [0.05, 0.1) is 0 Å². The molecule has 0 aromatic rings. The molecule has 0 aliphatic heterocycles. The number of ether oxygens (including phenoxy) is 1. The van der Waals surface area contributed by atoms with E-state index in [1.165, 1.54) is 128 Å². The van der Waals surface area contributed by atoms with Crippen LogP contribution in [0, 0.1) is 6.92 Å². The maximum atomic E-state index is 8.74. The molecule has 0 atom stereocenters. The first-order valence-corrected chi connectivity index (χ1v) is 14.9. The molecule has 0 saturated carbocycles. The molecular formula is C26H57NaO6S. The summed E-state index contributed by atoms with van der Waals surface area (Å²) in [5, 5.41) is 7.46. The average Bonchev–Trinajstić information content (AvgIpc) is 2.74. The number of rotatable bonds is 22. The first kappa shape index (κ1) is 41.9. The van der Waals surface area contributed by atoms with Crippen molar-refractivity contribution in [2.75, 3.05) is 19.8 Å². The van der Waals surface area contributed by atoms with E-state index in [0.717, 1.165) is 13.2 Å². The Morgan fingerprint density at radius 2 is 0.735 bits per heavy atom. The second-order valence-electron chi connectivity index (χ2n) is 8.65. The molecule has 0 fully saturated rings. The molecule has 3 N–H and O–H groups in total. The van der Waals surface area contributed by atoms with Gasteiger partial charge >= 0.3 is 40.0 Å². The van der Waals surface area contributed by atoms with Crippen LogP contribution in [-0.2, 0) is 15.1 Å². The van der Waals surface area contributed by atoms with Crippen LogP contribution >= 0.6 is 0 Å². The predicted molar refractivity (Wildman–Crippen MR) is 141 cm³/mol. The van der Waals surface area contributed by atoms with Crippen molar-refractivity contribution in [1.82, 2.24) is 0 Å². The van der Waals surface area contributed by atoms with Crippen molar-refractivity contribution in [3.63, 3.8) is 0 Å². The monoisotopic (exact) mass is 520 g/mol. The first-order valence-electron chi connectivity index (χ1n) is 13.5. The molecule has 0 rings (SSSR count). The number of aliphatic hydroxyl groups excluding tert-OH is 1.